The third-order valence-electron chi connectivity index (χ3n) is 3.86. The van der Waals surface area contributed by atoms with Crippen molar-refractivity contribution in [1.29, 1.82) is 0 Å². The number of benzene rings is 2. The Balaban J connectivity index is 2.11. The molecular weight excluding hydrogens is 276 g/mol. The van der Waals surface area contributed by atoms with Crippen molar-refractivity contribution >= 4 is 21.9 Å². The van der Waals surface area contributed by atoms with Gasteiger partial charge in [-0.15, -0.1) is 0 Å². The summed E-state index contributed by atoms with van der Waals surface area (Å²) in [5.41, 5.74) is 3.90. The number of furan rings is 1. The molecule has 0 spiro atoms. The lowest BCUT2D eigenvalue weighted by molar-refractivity contribution is 0.557. The molecular formula is C19H14O3. The standard InChI is InChI=1S/C19H14O3/c1-11-7-12(2)19-15(8-11)14(10-18(20)22-19)17-9-13-5-3-4-6-16(13)21-17/h3-10H,1-2H3. The van der Waals surface area contributed by atoms with Gasteiger partial charge in [0.05, 0.1) is 0 Å². The number of rotatable bonds is 1. The van der Waals surface area contributed by atoms with Crippen LogP contribution < -0.4 is 5.63 Å². The summed E-state index contributed by atoms with van der Waals surface area (Å²) in [4.78, 5) is 11.9. The van der Waals surface area contributed by atoms with E-state index < -0.39 is 0 Å². The smallest absolute Gasteiger partial charge is 0.336 e. The van der Waals surface area contributed by atoms with Gasteiger partial charge in [-0.2, -0.15) is 0 Å². The molecule has 0 bridgehead atoms. The van der Waals surface area contributed by atoms with Crippen molar-refractivity contribution < 1.29 is 8.83 Å². The van der Waals surface area contributed by atoms with Crippen LogP contribution in [0.4, 0.5) is 0 Å². The van der Waals surface area contributed by atoms with Crippen molar-refractivity contribution in [2.75, 3.05) is 0 Å². The fourth-order valence-electron chi connectivity index (χ4n) is 2.93. The number of hydrogen-bond acceptors (Lipinski definition) is 3. The summed E-state index contributed by atoms with van der Waals surface area (Å²) in [6.45, 7) is 3.97. The van der Waals surface area contributed by atoms with Crippen molar-refractivity contribution in [3.05, 3.63) is 70.1 Å². The van der Waals surface area contributed by atoms with Gasteiger partial charge in [-0.1, -0.05) is 24.3 Å². The first-order valence-electron chi connectivity index (χ1n) is 7.16. The Hall–Kier alpha value is -2.81. The Morgan fingerprint density at radius 3 is 2.55 bits per heavy atom. The normalized spacial score (nSPS) is 11.4. The third-order valence-corrected chi connectivity index (χ3v) is 3.86. The fourth-order valence-corrected chi connectivity index (χ4v) is 2.93. The van der Waals surface area contributed by atoms with E-state index in [1.54, 1.807) is 0 Å². The molecule has 2 aromatic carbocycles. The molecule has 0 amide bonds. The first kappa shape index (κ1) is 12.9. The zero-order chi connectivity index (χ0) is 15.3. The molecule has 22 heavy (non-hydrogen) atoms. The van der Waals surface area contributed by atoms with Crippen molar-refractivity contribution in [1.82, 2.24) is 0 Å². The summed E-state index contributed by atoms with van der Waals surface area (Å²) in [6, 6.07) is 15.3. The van der Waals surface area contributed by atoms with E-state index in [0.29, 0.717) is 11.3 Å². The maximum atomic E-state index is 11.9. The Labute approximate surface area is 126 Å². The quantitative estimate of drug-likeness (QED) is 0.472. The number of aryl methyl sites for hydroxylation is 2. The highest BCUT2D eigenvalue weighted by Crippen LogP contribution is 2.33. The van der Waals surface area contributed by atoms with Crippen LogP contribution in [0.1, 0.15) is 11.1 Å². The van der Waals surface area contributed by atoms with Gasteiger partial charge >= 0.3 is 5.63 Å². The molecule has 2 heterocycles. The lowest BCUT2D eigenvalue weighted by Gasteiger charge is -2.06. The van der Waals surface area contributed by atoms with E-state index in [1.807, 2.05) is 56.3 Å². The van der Waals surface area contributed by atoms with Crippen LogP contribution >= 0.6 is 0 Å². The maximum absolute atomic E-state index is 11.9. The second-order valence-corrected chi connectivity index (χ2v) is 5.59. The molecule has 0 aliphatic carbocycles. The third kappa shape index (κ3) is 1.94. The predicted molar refractivity (Wildman–Crippen MR) is 87.2 cm³/mol. The minimum Gasteiger partial charge on any atom is -0.456 e. The van der Waals surface area contributed by atoms with Crippen LogP contribution in [0.25, 0.3) is 33.3 Å². The number of hydrogen-bond donors (Lipinski definition) is 0. The average molecular weight is 290 g/mol. The van der Waals surface area contributed by atoms with E-state index in [1.165, 1.54) is 6.07 Å². The zero-order valence-corrected chi connectivity index (χ0v) is 12.3. The van der Waals surface area contributed by atoms with E-state index in [2.05, 4.69) is 0 Å². The van der Waals surface area contributed by atoms with Gasteiger partial charge in [0.25, 0.3) is 0 Å². The molecule has 0 aliphatic rings. The zero-order valence-electron chi connectivity index (χ0n) is 12.3. The van der Waals surface area contributed by atoms with E-state index in [9.17, 15) is 4.79 Å². The Morgan fingerprint density at radius 1 is 0.909 bits per heavy atom. The molecule has 0 atom stereocenters. The highest BCUT2D eigenvalue weighted by Gasteiger charge is 2.14. The fraction of sp³-hybridized carbons (Fsp3) is 0.105. The van der Waals surface area contributed by atoms with Crippen LogP contribution in [0, 0.1) is 13.8 Å². The van der Waals surface area contributed by atoms with Crippen molar-refractivity contribution in [3.63, 3.8) is 0 Å². The molecule has 0 N–H and O–H groups in total. The first-order valence-corrected chi connectivity index (χ1v) is 7.16. The van der Waals surface area contributed by atoms with E-state index in [4.69, 9.17) is 8.83 Å². The molecule has 3 heteroatoms. The summed E-state index contributed by atoms with van der Waals surface area (Å²) >= 11 is 0. The molecule has 0 aliphatic heterocycles. The van der Waals surface area contributed by atoms with Gasteiger partial charge in [-0.3, -0.25) is 0 Å². The number of para-hydroxylation sites is 1. The molecule has 0 saturated heterocycles. The minimum atomic E-state index is -0.366. The monoisotopic (exact) mass is 290 g/mol. The van der Waals surface area contributed by atoms with E-state index in [0.717, 1.165) is 33.0 Å². The molecule has 0 fully saturated rings. The van der Waals surface area contributed by atoms with Gasteiger partial charge in [-0.05, 0) is 43.2 Å². The Bertz CT molecular complexity index is 1030. The van der Waals surface area contributed by atoms with Gasteiger partial charge in [0.1, 0.15) is 16.9 Å². The number of fused-ring (bicyclic) bond motifs is 2. The van der Waals surface area contributed by atoms with Gasteiger partial charge in [0, 0.05) is 22.4 Å². The van der Waals surface area contributed by atoms with Crippen molar-refractivity contribution in [2.24, 2.45) is 0 Å². The van der Waals surface area contributed by atoms with Gasteiger partial charge in [0.2, 0.25) is 0 Å². The SMILES string of the molecule is Cc1cc(C)c2oc(=O)cc(-c3cc4ccccc4o3)c2c1. The van der Waals surface area contributed by atoms with Gasteiger partial charge < -0.3 is 8.83 Å². The lowest BCUT2D eigenvalue weighted by atomic mass is 10.0. The largest absolute Gasteiger partial charge is 0.456 e. The molecule has 2 aromatic heterocycles. The second kappa shape index (κ2) is 4.60. The second-order valence-electron chi connectivity index (χ2n) is 5.59. The van der Waals surface area contributed by atoms with E-state index in [-0.39, 0.29) is 5.63 Å². The Kier molecular flexibility index (Phi) is 2.70. The van der Waals surface area contributed by atoms with Crippen LogP contribution in [0.5, 0.6) is 0 Å². The van der Waals surface area contributed by atoms with Crippen LogP contribution in [0.2, 0.25) is 0 Å². The molecule has 0 unspecified atom stereocenters. The van der Waals surface area contributed by atoms with E-state index >= 15 is 0 Å². The van der Waals surface area contributed by atoms with Crippen LogP contribution in [-0.4, -0.2) is 0 Å². The topological polar surface area (TPSA) is 43.4 Å². The highest BCUT2D eigenvalue weighted by molar-refractivity contribution is 5.96. The van der Waals surface area contributed by atoms with Crippen LogP contribution in [-0.2, 0) is 0 Å². The summed E-state index contributed by atoms with van der Waals surface area (Å²) in [5, 5.41) is 1.92. The summed E-state index contributed by atoms with van der Waals surface area (Å²) in [6.07, 6.45) is 0. The predicted octanol–water partition coefficient (Wildman–Crippen LogP) is 4.82. The highest BCUT2D eigenvalue weighted by atomic mass is 16.4. The lowest BCUT2D eigenvalue weighted by Crippen LogP contribution is -1.99. The molecule has 0 radical (unpaired) electrons. The molecule has 0 saturated carbocycles. The molecule has 4 aromatic rings. The summed E-state index contributed by atoms with van der Waals surface area (Å²) in [7, 11) is 0. The maximum Gasteiger partial charge on any atom is 0.336 e. The summed E-state index contributed by atoms with van der Waals surface area (Å²) < 4.78 is 11.3. The van der Waals surface area contributed by atoms with Crippen LogP contribution in [0.15, 0.2) is 62.2 Å². The van der Waals surface area contributed by atoms with Crippen molar-refractivity contribution in [2.45, 2.75) is 13.8 Å². The summed E-state index contributed by atoms with van der Waals surface area (Å²) in [5.74, 6) is 0.684. The molecule has 4 rings (SSSR count). The Morgan fingerprint density at radius 2 is 1.73 bits per heavy atom. The molecule has 3 nitrogen and oxygen atoms in total. The van der Waals surface area contributed by atoms with Crippen molar-refractivity contribution in [3.8, 4) is 11.3 Å². The van der Waals surface area contributed by atoms with Crippen LogP contribution in [0.3, 0.4) is 0 Å². The van der Waals surface area contributed by atoms with Gasteiger partial charge in [0.15, 0.2) is 0 Å². The first-order chi connectivity index (χ1) is 10.6. The van der Waals surface area contributed by atoms with Gasteiger partial charge in [-0.25, -0.2) is 4.79 Å². The minimum absolute atomic E-state index is 0.366. The average Bonchev–Trinajstić information content (AvgIpc) is 2.91. The molecule has 108 valence electrons.